The van der Waals surface area contributed by atoms with Crippen LogP contribution < -0.4 is 4.74 Å². The first-order valence-corrected chi connectivity index (χ1v) is 10.9. The molecule has 2 fully saturated rings. The third kappa shape index (κ3) is 5.96. The number of hydrogen-bond acceptors (Lipinski definition) is 8. The van der Waals surface area contributed by atoms with Gasteiger partial charge in [0.15, 0.2) is 18.5 Å². The second kappa shape index (κ2) is 10.4. The first-order valence-electron chi connectivity index (χ1n) is 10.9. The van der Waals surface area contributed by atoms with Crippen LogP contribution in [0.4, 0.5) is 0 Å². The Balaban J connectivity index is 1.87. The third-order valence-corrected chi connectivity index (χ3v) is 5.19. The molecule has 8 nitrogen and oxygen atoms in total. The zero-order chi connectivity index (χ0) is 22.4. The van der Waals surface area contributed by atoms with Gasteiger partial charge in [0, 0.05) is 33.5 Å². The summed E-state index contributed by atoms with van der Waals surface area (Å²) in [4.78, 5) is 25.6. The van der Waals surface area contributed by atoms with E-state index in [4.69, 9.17) is 28.4 Å². The first kappa shape index (κ1) is 23.5. The van der Waals surface area contributed by atoms with E-state index in [9.17, 15) is 9.59 Å². The number of carbonyl (C=O) groups is 2. The summed E-state index contributed by atoms with van der Waals surface area (Å²) in [5.74, 6) is -3.92. The van der Waals surface area contributed by atoms with Gasteiger partial charge in [-0.05, 0) is 44.4 Å². The molecule has 0 bridgehead atoms. The van der Waals surface area contributed by atoms with Gasteiger partial charge in [-0.3, -0.25) is 9.59 Å². The standard InChI is InChI=1S/C23H32O8/c1-5-26-22(27-6-2)18(19-20(24)30-23(3,4)31-21(19)25)15-10-12-16(13-11-15)29-17-9-7-8-14-28-17/h10-13,17-19,22H,5-9,14H2,1-4H3. The molecular formula is C23H32O8. The van der Waals surface area contributed by atoms with Gasteiger partial charge >= 0.3 is 11.9 Å². The molecular weight excluding hydrogens is 404 g/mol. The molecule has 0 spiro atoms. The van der Waals surface area contributed by atoms with Gasteiger partial charge in [0.2, 0.25) is 0 Å². The van der Waals surface area contributed by atoms with Crippen LogP contribution in [0, 0.1) is 5.92 Å². The Morgan fingerprint density at radius 2 is 1.61 bits per heavy atom. The zero-order valence-electron chi connectivity index (χ0n) is 18.6. The van der Waals surface area contributed by atoms with Crippen LogP contribution in [0.2, 0.25) is 0 Å². The van der Waals surface area contributed by atoms with E-state index in [1.165, 1.54) is 13.8 Å². The molecule has 0 saturated carbocycles. The summed E-state index contributed by atoms with van der Waals surface area (Å²) in [6.45, 7) is 8.09. The minimum absolute atomic E-state index is 0.263. The summed E-state index contributed by atoms with van der Waals surface area (Å²) >= 11 is 0. The van der Waals surface area contributed by atoms with E-state index in [2.05, 4.69) is 0 Å². The van der Waals surface area contributed by atoms with Gasteiger partial charge in [-0.1, -0.05) is 12.1 Å². The fourth-order valence-corrected chi connectivity index (χ4v) is 3.84. The summed E-state index contributed by atoms with van der Waals surface area (Å²) < 4.78 is 33.8. The number of ether oxygens (including phenoxy) is 6. The summed E-state index contributed by atoms with van der Waals surface area (Å²) in [7, 11) is 0. The van der Waals surface area contributed by atoms with Crippen molar-refractivity contribution in [1.82, 2.24) is 0 Å². The second-order valence-corrected chi connectivity index (χ2v) is 8.01. The van der Waals surface area contributed by atoms with E-state index in [0.29, 0.717) is 31.1 Å². The van der Waals surface area contributed by atoms with Crippen molar-refractivity contribution in [3.8, 4) is 5.75 Å². The molecule has 0 radical (unpaired) electrons. The molecule has 2 saturated heterocycles. The lowest BCUT2D eigenvalue weighted by Crippen LogP contribution is -2.50. The normalized spacial score (nSPS) is 22.7. The van der Waals surface area contributed by atoms with Crippen LogP contribution in [0.1, 0.15) is 58.4 Å². The molecule has 2 atom stereocenters. The quantitative estimate of drug-likeness (QED) is 0.330. The fourth-order valence-electron chi connectivity index (χ4n) is 3.84. The number of carbonyl (C=O) groups excluding carboxylic acids is 2. The van der Waals surface area contributed by atoms with Gasteiger partial charge in [0.05, 0.1) is 12.5 Å². The first-order chi connectivity index (χ1) is 14.8. The molecule has 8 heteroatoms. The molecule has 2 heterocycles. The van der Waals surface area contributed by atoms with Gasteiger partial charge in [-0.15, -0.1) is 0 Å². The van der Waals surface area contributed by atoms with E-state index in [0.717, 1.165) is 19.3 Å². The molecule has 0 aliphatic carbocycles. The Labute approximate surface area is 183 Å². The van der Waals surface area contributed by atoms with E-state index < -0.39 is 35.9 Å². The van der Waals surface area contributed by atoms with Gasteiger partial charge in [0.25, 0.3) is 5.79 Å². The monoisotopic (exact) mass is 436 g/mol. The average molecular weight is 437 g/mol. The molecule has 2 aliphatic heterocycles. The maximum atomic E-state index is 12.8. The van der Waals surface area contributed by atoms with Crippen molar-refractivity contribution < 1.29 is 38.0 Å². The molecule has 0 N–H and O–H groups in total. The number of benzene rings is 1. The van der Waals surface area contributed by atoms with Crippen molar-refractivity contribution in [3.63, 3.8) is 0 Å². The van der Waals surface area contributed by atoms with Crippen LogP contribution in [0.25, 0.3) is 0 Å². The van der Waals surface area contributed by atoms with Crippen LogP contribution in [-0.2, 0) is 33.3 Å². The molecule has 1 aromatic rings. The van der Waals surface area contributed by atoms with Crippen LogP contribution in [0.3, 0.4) is 0 Å². The van der Waals surface area contributed by atoms with Gasteiger partial charge in [0.1, 0.15) is 5.75 Å². The van der Waals surface area contributed by atoms with Crippen LogP contribution in [0.5, 0.6) is 5.75 Å². The number of esters is 2. The minimum atomic E-state index is -1.31. The maximum absolute atomic E-state index is 12.8. The lowest BCUT2D eigenvalue weighted by Gasteiger charge is -2.38. The topological polar surface area (TPSA) is 89.5 Å². The van der Waals surface area contributed by atoms with Crippen molar-refractivity contribution >= 4 is 11.9 Å². The number of rotatable bonds is 9. The van der Waals surface area contributed by atoms with E-state index in [-0.39, 0.29) is 6.29 Å². The van der Waals surface area contributed by atoms with E-state index in [1.54, 1.807) is 24.3 Å². The lowest BCUT2D eigenvalue weighted by molar-refractivity contribution is -0.247. The van der Waals surface area contributed by atoms with Crippen molar-refractivity contribution in [2.45, 2.75) is 71.2 Å². The van der Waals surface area contributed by atoms with Crippen molar-refractivity contribution in [2.75, 3.05) is 19.8 Å². The number of cyclic esters (lactones) is 2. The highest BCUT2D eigenvalue weighted by Crippen LogP contribution is 2.38. The van der Waals surface area contributed by atoms with Gasteiger partial charge in [-0.2, -0.15) is 0 Å². The van der Waals surface area contributed by atoms with Crippen molar-refractivity contribution in [3.05, 3.63) is 29.8 Å². The minimum Gasteiger partial charge on any atom is -0.465 e. The summed E-state index contributed by atoms with van der Waals surface area (Å²) in [6.07, 6.45) is 1.87. The Morgan fingerprint density at radius 3 is 2.13 bits per heavy atom. The third-order valence-electron chi connectivity index (χ3n) is 5.19. The van der Waals surface area contributed by atoms with Gasteiger partial charge in [-0.25, -0.2) is 0 Å². The predicted molar refractivity (Wildman–Crippen MR) is 110 cm³/mol. The molecule has 172 valence electrons. The highest BCUT2D eigenvalue weighted by molar-refractivity contribution is 5.97. The van der Waals surface area contributed by atoms with E-state index >= 15 is 0 Å². The SMILES string of the molecule is CCOC(OCC)C(c1ccc(OC2CCCCO2)cc1)C1C(=O)OC(C)(C)OC1=O. The largest absolute Gasteiger partial charge is 0.465 e. The lowest BCUT2D eigenvalue weighted by atomic mass is 9.84. The van der Waals surface area contributed by atoms with Gasteiger partial charge < -0.3 is 28.4 Å². The van der Waals surface area contributed by atoms with Crippen LogP contribution in [-0.4, -0.2) is 50.1 Å². The van der Waals surface area contributed by atoms with Crippen molar-refractivity contribution in [2.24, 2.45) is 5.92 Å². The average Bonchev–Trinajstić information content (AvgIpc) is 2.71. The molecule has 2 unspecified atom stereocenters. The predicted octanol–water partition coefficient (Wildman–Crippen LogP) is 3.53. The van der Waals surface area contributed by atoms with Crippen LogP contribution in [0.15, 0.2) is 24.3 Å². The Morgan fingerprint density at radius 1 is 1.00 bits per heavy atom. The summed E-state index contributed by atoms with van der Waals surface area (Å²) in [5.41, 5.74) is 0.683. The number of hydrogen-bond donors (Lipinski definition) is 0. The molecule has 0 amide bonds. The summed E-state index contributed by atoms with van der Waals surface area (Å²) in [6, 6.07) is 7.18. The molecule has 1 aromatic carbocycles. The molecule has 2 aliphatic rings. The Bertz CT molecular complexity index is 712. The zero-order valence-corrected chi connectivity index (χ0v) is 18.6. The molecule has 3 rings (SSSR count). The Hall–Kier alpha value is -2.16. The molecule has 31 heavy (non-hydrogen) atoms. The summed E-state index contributed by atoms with van der Waals surface area (Å²) in [5, 5.41) is 0. The fraction of sp³-hybridized carbons (Fsp3) is 0.652. The van der Waals surface area contributed by atoms with Crippen molar-refractivity contribution in [1.29, 1.82) is 0 Å². The highest BCUT2D eigenvalue weighted by atomic mass is 16.7. The smallest absolute Gasteiger partial charge is 0.324 e. The molecule has 0 aromatic heterocycles. The maximum Gasteiger partial charge on any atom is 0.324 e. The second-order valence-electron chi connectivity index (χ2n) is 8.01. The van der Waals surface area contributed by atoms with Crippen LogP contribution >= 0.6 is 0 Å². The Kier molecular flexibility index (Phi) is 7.91. The van der Waals surface area contributed by atoms with E-state index in [1.807, 2.05) is 13.8 Å². The highest BCUT2D eigenvalue weighted by Gasteiger charge is 2.50.